The molecule has 0 aromatic heterocycles. The van der Waals surface area contributed by atoms with Gasteiger partial charge in [0.25, 0.3) is 0 Å². The number of amides is 1. The second-order valence-corrected chi connectivity index (χ2v) is 5.86. The van der Waals surface area contributed by atoms with Gasteiger partial charge in [0.15, 0.2) is 0 Å². The summed E-state index contributed by atoms with van der Waals surface area (Å²) in [4.78, 5) is 10.9. The summed E-state index contributed by atoms with van der Waals surface area (Å²) in [6.45, 7) is -0.365. The van der Waals surface area contributed by atoms with Crippen LogP contribution in [0.3, 0.4) is 0 Å². The van der Waals surface area contributed by atoms with E-state index in [0.29, 0.717) is 5.56 Å². The third kappa shape index (κ3) is 3.27. The van der Waals surface area contributed by atoms with Gasteiger partial charge >= 0.3 is 22.6 Å². The fourth-order valence-electron chi connectivity index (χ4n) is 1.97. The van der Waals surface area contributed by atoms with Gasteiger partial charge in [-0.2, -0.15) is 25.9 Å². The van der Waals surface area contributed by atoms with Gasteiger partial charge in [0.1, 0.15) is 0 Å². The normalized spacial score (nSPS) is 21.5. The van der Waals surface area contributed by atoms with E-state index >= 15 is 0 Å². The van der Waals surface area contributed by atoms with Gasteiger partial charge in [0, 0.05) is 0 Å². The number of benzene rings is 1. The van der Waals surface area contributed by atoms with Crippen molar-refractivity contribution in [3.05, 3.63) is 35.4 Å². The Balaban J connectivity index is 2.17. The Labute approximate surface area is 118 Å². The fraction of sp³-hybridized carbons (Fsp3) is 0.364. The molecule has 1 aliphatic heterocycles. The van der Waals surface area contributed by atoms with Gasteiger partial charge in [0.2, 0.25) is 0 Å². The van der Waals surface area contributed by atoms with E-state index in [1.54, 1.807) is 0 Å². The third-order valence-electron chi connectivity index (χ3n) is 2.92. The first-order chi connectivity index (χ1) is 9.61. The molecule has 10 heteroatoms. The molecule has 1 fully saturated rings. The van der Waals surface area contributed by atoms with Crippen LogP contribution in [0, 0.1) is 0 Å². The lowest BCUT2D eigenvalue weighted by Crippen LogP contribution is -2.39. The highest BCUT2D eigenvalue weighted by Gasteiger charge is 2.42. The maximum Gasteiger partial charge on any atom is 0.423 e. The van der Waals surface area contributed by atoms with Gasteiger partial charge in [-0.05, 0) is 24.1 Å². The maximum atomic E-state index is 12.4. The summed E-state index contributed by atoms with van der Waals surface area (Å²) in [6.07, 6.45) is -6.22. The molecule has 2 rings (SSSR count). The molecule has 0 spiro atoms. The van der Waals surface area contributed by atoms with Crippen molar-refractivity contribution >= 4 is 16.4 Å². The quantitative estimate of drug-likeness (QED) is 0.897. The number of hydrogen-bond donors (Lipinski definition) is 1. The van der Waals surface area contributed by atoms with E-state index in [1.165, 1.54) is 12.1 Å². The zero-order valence-electron chi connectivity index (χ0n) is 10.4. The summed E-state index contributed by atoms with van der Waals surface area (Å²) >= 11 is 0. The van der Waals surface area contributed by atoms with Crippen LogP contribution >= 0.6 is 0 Å². The first-order valence-electron chi connectivity index (χ1n) is 5.69. The van der Waals surface area contributed by atoms with E-state index in [4.69, 9.17) is 5.11 Å². The van der Waals surface area contributed by atoms with Gasteiger partial charge < -0.3 is 5.11 Å². The maximum absolute atomic E-state index is 12.4. The number of hydrogen-bond acceptors (Lipinski definition) is 4. The molecule has 1 aromatic carbocycles. The highest BCUT2D eigenvalue weighted by atomic mass is 32.2. The van der Waals surface area contributed by atoms with Crippen LogP contribution in [0.15, 0.2) is 24.3 Å². The first kappa shape index (κ1) is 15.6. The molecular weight excluding hydrogens is 315 g/mol. The van der Waals surface area contributed by atoms with E-state index in [9.17, 15) is 26.4 Å². The predicted octanol–water partition coefficient (Wildman–Crippen LogP) is 1.87. The van der Waals surface area contributed by atoms with E-state index in [2.05, 4.69) is 4.18 Å². The largest absolute Gasteiger partial charge is 0.464 e. The Morgan fingerprint density at radius 1 is 1.33 bits per heavy atom. The van der Waals surface area contributed by atoms with Crippen molar-refractivity contribution in [3.63, 3.8) is 0 Å². The lowest BCUT2D eigenvalue weighted by atomic mass is 10.0. The number of alkyl halides is 3. The Morgan fingerprint density at radius 3 is 2.38 bits per heavy atom. The Kier molecular flexibility index (Phi) is 3.85. The van der Waals surface area contributed by atoms with Gasteiger partial charge in [0.05, 0.1) is 18.2 Å². The molecule has 0 aliphatic carbocycles. The van der Waals surface area contributed by atoms with Crippen molar-refractivity contribution in [2.24, 2.45) is 0 Å². The zero-order valence-corrected chi connectivity index (χ0v) is 11.2. The number of carbonyl (C=O) groups is 1. The summed E-state index contributed by atoms with van der Waals surface area (Å²) in [6, 6.07) is 3.06. The number of rotatable bonds is 2. The molecule has 1 aromatic rings. The summed E-state index contributed by atoms with van der Waals surface area (Å²) in [5, 5.41) is 8.87. The summed E-state index contributed by atoms with van der Waals surface area (Å²) < 4.78 is 64.5. The van der Waals surface area contributed by atoms with Gasteiger partial charge in [-0.25, -0.2) is 4.79 Å². The van der Waals surface area contributed by atoms with Crippen LogP contribution in [-0.2, 0) is 27.1 Å². The molecule has 1 atom stereocenters. The van der Waals surface area contributed by atoms with Crippen molar-refractivity contribution < 1.29 is 35.7 Å². The van der Waals surface area contributed by atoms with Crippen LogP contribution in [-0.4, -0.2) is 36.6 Å². The van der Waals surface area contributed by atoms with E-state index in [0.717, 1.165) is 12.1 Å². The van der Waals surface area contributed by atoms with Crippen molar-refractivity contribution in [2.45, 2.75) is 18.6 Å². The Bertz CT molecular complexity index is 641. The summed E-state index contributed by atoms with van der Waals surface area (Å²) in [5.41, 5.74) is -0.461. The predicted molar refractivity (Wildman–Crippen MR) is 63.7 cm³/mol. The van der Waals surface area contributed by atoms with E-state index in [-0.39, 0.29) is 17.3 Å². The fourth-order valence-corrected chi connectivity index (χ4v) is 3.10. The minimum absolute atomic E-state index is 0.0658. The lowest BCUT2D eigenvalue weighted by Gasteiger charge is -2.17. The van der Waals surface area contributed by atoms with Crippen molar-refractivity contribution in [3.8, 4) is 0 Å². The van der Waals surface area contributed by atoms with Crippen LogP contribution < -0.4 is 0 Å². The van der Waals surface area contributed by atoms with Gasteiger partial charge in [-0.1, -0.05) is 12.1 Å². The molecule has 6 nitrogen and oxygen atoms in total. The van der Waals surface area contributed by atoms with Crippen LogP contribution in [0.1, 0.15) is 11.1 Å². The molecule has 1 amide bonds. The second-order valence-electron chi connectivity index (χ2n) is 4.37. The number of carboxylic acid groups (broad SMARTS) is 1. The zero-order chi connectivity index (χ0) is 15.8. The van der Waals surface area contributed by atoms with Crippen LogP contribution in [0.5, 0.6) is 0 Å². The molecule has 1 N–H and O–H groups in total. The SMILES string of the molecule is O=C(O)N1C(Cc2ccc(C(F)(F)F)cc2)COS1(=O)=O. The summed E-state index contributed by atoms with van der Waals surface area (Å²) in [5.74, 6) is 0. The van der Waals surface area contributed by atoms with E-state index < -0.39 is 34.2 Å². The third-order valence-corrected chi connectivity index (χ3v) is 4.29. The Morgan fingerprint density at radius 2 is 1.90 bits per heavy atom. The smallest absolute Gasteiger partial charge is 0.423 e. The minimum Gasteiger partial charge on any atom is -0.464 e. The molecule has 1 aliphatic rings. The van der Waals surface area contributed by atoms with Gasteiger partial charge in [-0.15, -0.1) is 0 Å². The highest BCUT2D eigenvalue weighted by molar-refractivity contribution is 7.85. The summed E-state index contributed by atoms with van der Waals surface area (Å²) in [7, 11) is -4.33. The second kappa shape index (κ2) is 5.19. The molecule has 116 valence electrons. The molecular formula is C11H10F3NO5S. The highest BCUT2D eigenvalue weighted by Crippen LogP contribution is 2.30. The molecule has 1 heterocycles. The van der Waals surface area contributed by atoms with Crippen LogP contribution in [0.25, 0.3) is 0 Å². The Hall–Kier alpha value is -1.81. The van der Waals surface area contributed by atoms with Crippen molar-refractivity contribution in [1.82, 2.24) is 4.31 Å². The standard InChI is InChI=1S/C11H10F3NO5S/c12-11(13,14)8-3-1-7(2-4-8)5-9-6-20-21(18,19)15(9)10(16)17/h1-4,9H,5-6H2,(H,16,17). The molecule has 0 bridgehead atoms. The topological polar surface area (TPSA) is 83.9 Å². The average molecular weight is 325 g/mol. The molecule has 0 saturated carbocycles. The molecule has 1 saturated heterocycles. The number of nitrogens with zero attached hydrogens (tertiary/aromatic N) is 1. The minimum atomic E-state index is -4.47. The van der Waals surface area contributed by atoms with Crippen molar-refractivity contribution in [1.29, 1.82) is 0 Å². The molecule has 1 unspecified atom stereocenters. The molecule has 21 heavy (non-hydrogen) atoms. The average Bonchev–Trinajstić information content (AvgIpc) is 2.64. The van der Waals surface area contributed by atoms with E-state index in [1.807, 2.05) is 0 Å². The monoisotopic (exact) mass is 325 g/mol. The first-order valence-corrected chi connectivity index (χ1v) is 7.05. The number of halogens is 3. The lowest BCUT2D eigenvalue weighted by molar-refractivity contribution is -0.137. The van der Waals surface area contributed by atoms with Crippen LogP contribution in [0.2, 0.25) is 0 Å². The molecule has 0 radical (unpaired) electrons. The van der Waals surface area contributed by atoms with Crippen molar-refractivity contribution in [2.75, 3.05) is 6.61 Å². The van der Waals surface area contributed by atoms with Crippen LogP contribution in [0.4, 0.5) is 18.0 Å². The van der Waals surface area contributed by atoms with Gasteiger partial charge in [-0.3, -0.25) is 4.18 Å².